The van der Waals surface area contributed by atoms with E-state index in [1.165, 1.54) is 0 Å². The van der Waals surface area contributed by atoms with Gasteiger partial charge in [0.2, 0.25) is 0 Å². The topological polar surface area (TPSA) is 61.8 Å². The Morgan fingerprint density at radius 3 is 2.86 bits per heavy atom. The molecule has 2 rings (SSSR count). The molecule has 120 valence electrons. The molecule has 1 aromatic rings. The van der Waals surface area contributed by atoms with Crippen LogP contribution < -0.4 is 10.1 Å². The van der Waals surface area contributed by atoms with Gasteiger partial charge in [0.25, 0.3) is 0 Å². The Hall–Kier alpha value is -2.01. The number of ether oxygens (including phenoxy) is 1. The summed E-state index contributed by atoms with van der Waals surface area (Å²) >= 11 is 0. The maximum atomic E-state index is 12.2. The second kappa shape index (κ2) is 8.44. The van der Waals surface area contributed by atoms with E-state index < -0.39 is 0 Å². The molecule has 5 nitrogen and oxygen atoms in total. The number of benzene rings is 1. The van der Waals surface area contributed by atoms with Crippen molar-refractivity contribution < 1.29 is 14.6 Å². The second-order valence-electron chi connectivity index (χ2n) is 5.41. The third-order valence-electron chi connectivity index (χ3n) is 3.95. The average Bonchev–Trinajstić information content (AvgIpc) is 2.56. The summed E-state index contributed by atoms with van der Waals surface area (Å²) in [6.07, 6.45) is 7.27. The Balaban J connectivity index is 1.88. The van der Waals surface area contributed by atoms with Gasteiger partial charge in [-0.3, -0.25) is 0 Å². The number of methoxy groups -OCH3 is 1. The van der Waals surface area contributed by atoms with Crippen molar-refractivity contribution in [2.45, 2.75) is 31.7 Å². The second-order valence-corrected chi connectivity index (χ2v) is 5.41. The first-order valence-corrected chi connectivity index (χ1v) is 7.73. The molecule has 0 radical (unpaired) electrons. The molecule has 1 aliphatic rings. The highest BCUT2D eigenvalue weighted by Crippen LogP contribution is 2.19. The van der Waals surface area contributed by atoms with Gasteiger partial charge in [-0.2, -0.15) is 0 Å². The van der Waals surface area contributed by atoms with E-state index in [0.29, 0.717) is 6.42 Å². The summed E-state index contributed by atoms with van der Waals surface area (Å²) in [4.78, 5) is 14.1. The van der Waals surface area contributed by atoms with Gasteiger partial charge in [-0.25, -0.2) is 4.79 Å². The first kappa shape index (κ1) is 16.4. The smallest absolute Gasteiger partial charge is 0.321 e. The summed E-state index contributed by atoms with van der Waals surface area (Å²) in [5, 5.41) is 11.9. The standard InChI is InChI=1S/C17H24N2O3/c1-22-16-7-5-14(6-8-16)9-11-18-17(21)19-12-3-2-4-15(19)10-13-20/h5-9,11,15,20H,2-4,10,12-13H2,1H3,(H,18,21)/b11-9+. The fraction of sp³-hybridized carbons (Fsp3) is 0.471. The maximum Gasteiger partial charge on any atom is 0.321 e. The van der Waals surface area contributed by atoms with Crippen LogP contribution in [0, 0.1) is 0 Å². The van der Waals surface area contributed by atoms with Crippen LogP contribution in [0.1, 0.15) is 31.2 Å². The zero-order valence-corrected chi connectivity index (χ0v) is 13.0. The van der Waals surface area contributed by atoms with E-state index in [1.54, 1.807) is 13.3 Å². The van der Waals surface area contributed by atoms with Gasteiger partial charge in [0.05, 0.1) is 7.11 Å². The number of likely N-dealkylation sites (tertiary alicyclic amines) is 1. The van der Waals surface area contributed by atoms with E-state index in [1.807, 2.05) is 35.2 Å². The predicted octanol–water partition coefficient (Wildman–Crippen LogP) is 2.61. The molecule has 2 amide bonds. The Kier molecular flexibility index (Phi) is 6.27. The molecule has 0 spiro atoms. The molecule has 1 aromatic carbocycles. The molecule has 0 aromatic heterocycles. The van der Waals surface area contributed by atoms with Crippen LogP contribution in [0.15, 0.2) is 30.5 Å². The third kappa shape index (κ3) is 4.49. The van der Waals surface area contributed by atoms with E-state index in [0.717, 1.165) is 37.1 Å². The van der Waals surface area contributed by atoms with Gasteiger partial charge in [-0.05, 0) is 49.5 Å². The van der Waals surface area contributed by atoms with Crippen molar-refractivity contribution >= 4 is 12.1 Å². The summed E-state index contributed by atoms with van der Waals surface area (Å²) in [7, 11) is 1.63. The van der Waals surface area contributed by atoms with Crippen molar-refractivity contribution in [2.75, 3.05) is 20.3 Å². The Bertz CT molecular complexity index is 497. The van der Waals surface area contributed by atoms with E-state index in [4.69, 9.17) is 9.84 Å². The first-order chi connectivity index (χ1) is 10.7. The number of nitrogens with zero attached hydrogens (tertiary/aromatic N) is 1. The largest absolute Gasteiger partial charge is 0.497 e. The van der Waals surface area contributed by atoms with E-state index in [-0.39, 0.29) is 18.7 Å². The van der Waals surface area contributed by atoms with Crippen LogP contribution in [0.25, 0.3) is 6.08 Å². The number of carbonyl (C=O) groups is 1. The summed E-state index contributed by atoms with van der Waals surface area (Å²) in [5.41, 5.74) is 0.992. The fourth-order valence-corrected chi connectivity index (χ4v) is 2.72. The lowest BCUT2D eigenvalue weighted by atomic mass is 10.0. The van der Waals surface area contributed by atoms with E-state index in [2.05, 4.69) is 5.32 Å². The highest BCUT2D eigenvalue weighted by Gasteiger charge is 2.25. The first-order valence-electron chi connectivity index (χ1n) is 7.73. The number of carbonyl (C=O) groups excluding carboxylic acids is 1. The van der Waals surface area contributed by atoms with Crippen LogP contribution in [0.2, 0.25) is 0 Å². The lowest BCUT2D eigenvalue weighted by molar-refractivity contribution is 0.134. The van der Waals surface area contributed by atoms with E-state index in [9.17, 15) is 4.79 Å². The number of rotatable bonds is 5. The summed E-state index contributed by atoms with van der Waals surface area (Å²) in [6.45, 7) is 0.878. The Morgan fingerprint density at radius 2 is 2.18 bits per heavy atom. The highest BCUT2D eigenvalue weighted by atomic mass is 16.5. The van der Waals surface area contributed by atoms with Gasteiger partial charge in [0.15, 0.2) is 0 Å². The average molecular weight is 304 g/mol. The molecule has 1 aliphatic heterocycles. The quantitative estimate of drug-likeness (QED) is 0.879. The lowest BCUT2D eigenvalue weighted by Crippen LogP contribution is -2.47. The summed E-state index contributed by atoms with van der Waals surface area (Å²) in [6, 6.07) is 7.66. The minimum atomic E-state index is -0.0945. The monoisotopic (exact) mass is 304 g/mol. The van der Waals surface area contributed by atoms with Crippen molar-refractivity contribution in [3.8, 4) is 5.75 Å². The van der Waals surface area contributed by atoms with Gasteiger partial charge in [-0.15, -0.1) is 0 Å². The fourth-order valence-electron chi connectivity index (χ4n) is 2.72. The van der Waals surface area contributed by atoms with Crippen molar-refractivity contribution in [1.82, 2.24) is 10.2 Å². The number of amides is 2. The normalized spacial score (nSPS) is 18.5. The number of piperidine rings is 1. The molecular weight excluding hydrogens is 280 g/mol. The van der Waals surface area contributed by atoms with E-state index >= 15 is 0 Å². The number of hydrogen-bond acceptors (Lipinski definition) is 3. The van der Waals surface area contributed by atoms with Crippen molar-refractivity contribution in [1.29, 1.82) is 0 Å². The SMILES string of the molecule is COc1ccc(/C=C/NC(=O)N2CCCCC2CCO)cc1. The maximum absolute atomic E-state index is 12.2. The van der Waals surface area contributed by atoms with Gasteiger partial charge in [-0.1, -0.05) is 12.1 Å². The van der Waals surface area contributed by atoms with Gasteiger partial charge < -0.3 is 20.1 Å². The zero-order valence-electron chi connectivity index (χ0n) is 13.0. The lowest BCUT2D eigenvalue weighted by Gasteiger charge is -2.35. The molecule has 0 saturated carbocycles. The van der Waals surface area contributed by atoms with Crippen molar-refractivity contribution in [3.05, 3.63) is 36.0 Å². The molecule has 22 heavy (non-hydrogen) atoms. The minimum Gasteiger partial charge on any atom is -0.497 e. The van der Waals surface area contributed by atoms with Crippen LogP contribution in [-0.4, -0.2) is 42.3 Å². The molecule has 1 unspecified atom stereocenters. The van der Waals surface area contributed by atoms with Gasteiger partial charge >= 0.3 is 6.03 Å². The molecule has 1 fully saturated rings. The number of hydrogen-bond donors (Lipinski definition) is 2. The van der Waals surface area contributed by atoms with Crippen LogP contribution in [0.3, 0.4) is 0 Å². The molecule has 1 heterocycles. The summed E-state index contributed by atoms with van der Waals surface area (Å²) in [5.74, 6) is 0.807. The van der Waals surface area contributed by atoms with Crippen molar-refractivity contribution in [2.24, 2.45) is 0 Å². The molecule has 0 bridgehead atoms. The number of nitrogens with one attached hydrogen (secondary N) is 1. The van der Waals surface area contributed by atoms with Crippen LogP contribution >= 0.6 is 0 Å². The molecule has 0 aliphatic carbocycles. The third-order valence-corrected chi connectivity index (χ3v) is 3.95. The highest BCUT2D eigenvalue weighted by molar-refractivity contribution is 5.76. The van der Waals surface area contributed by atoms with Crippen LogP contribution in [-0.2, 0) is 0 Å². The zero-order chi connectivity index (χ0) is 15.8. The molecule has 1 saturated heterocycles. The van der Waals surface area contributed by atoms with Crippen molar-refractivity contribution in [3.63, 3.8) is 0 Å². The molecular formula is C17H24N2O3. The Labute approximate surface area is 131 Å². The van der Waals surface area contributed by atoms with Crippen LogP contribution in [0.5, 0.6) is 5.75 Å². The number of aliphatic hydroxyl groups excluding tert-OH is 1. The van der Waals surface area contributed by atoms with Gasteiger partial charge in [0.1, 0.15) is 5.75 Å². The summed E-state index contributed by atoms with van der Waals surface area (Å²) < 4.78 is 5.11. The van der Waals surface area contributed by atoms with Crippen LogP contribution in [0.4, 0.5) is 4.79 Å². The minimum absolute atomic E-state index is 0.0945. The Morgan fingerprint density at radius 1 is 1.41 bits per heavy atom. The number of aliphatic hydroxyl groups is 1. The molecule has 2 N–H and O–H groups in total. The molecule has 5 heteroatoms. The number of urea groups is 1. The predicted molar refractivity (Wildman–Crippen MR) is 86.6 cm³/mol. The van der Waals surface area contributed by atoms with Gasteiger partial charge in [0, 0.05) is 25.4 Å². The molecule has 1 atom stereocenters.